The second-order valence-electron chi connectivity index (χ2n) is 10.9. The van der Waals surface area contributed by atoms with Crippen molar-refractivity contribution in [3.63, 3.8) is 0 Å². The molecule has 0 bridgehead atoms. The number of carbonyl (C=O) groups is 5. The number of rotatable bonds is 11. The zero-order valence-electron chi connectivity index (χ0n) is 25.0. The molecule has 47 heavy (non-hydrogen) atoms. The van der Waals surface area contributed by atoms with Gasteiger partial charge in [-0.1, -0.05) is 109 Å². The summed E-state index contributed by atoms with van der Waals surface area (Å²) in [7, 11) is 0. The van der Waals surface area contributed by atoms with Crippen molar-refractivity contribution in [2.75, 3.05) is 6.61 Å². The van der Waals surface area contributed by atoms with Crippen molar-refractivity contribution in [3.8, 4) is 0 Å². The van der Waals surface area contributed by atoms with Crippen LogP contribution in [0, 0.1) is 0 Å². The molecule has 0 spiro atoms. The van der Waals surface area contributed by atoms with E-state index in [1.54, 1.807) is 24.3 Å². The topological polar surface area (TPSA) is 174 Å². The Morgan fingerprint density at radius 2 is 1.11 bits per heavy atom. The number of ketones is 3. The van der Waals surface area contributed by atoms with Crippen LogP contribution < -0.4 is 0 Å². The first-order chi connectivity index (χ1) is 22.5. The molecule has 1 heterocycles. The minimum absolute atomic E-state index is 0.00890. The Bertz CT molecular complexity index is 1780. The van der Waals surface area contributed by atoms with Gasteiger partial charge in [0.1, 0.15) is 6.61 Å². The third-order valence-corrected chi connectivity index (χ3v) is 8.02. The minimum atomic E-state index is -3.66. The zero-order chi connectivity index (χ0) is 33.8. The van der Waals surface area contributed by atoms with E-state index >= 15 is 0 Å². The predicted octanol–water partition coefficient (Wildman–Crippen LogP) is 2.97. The molecule has 0 saturated carbocycles. The fourth-order valence-corrected chi connectivity index (χ4v) is 5.64. The van der Waals surface area contributed by atoms with E-state index in [9.17, 15) is 39.3 Å². The molecule has 1 aliphatic heterocycles. The highest BCUT2D eigenvalue weighted by Crippen LogP contribution is 2.53. The molecule has 5 rings (SSSR count). The van der Waals surface area contributed by atoms with Crippen LogP contribution in [-0.2, 0) is 19.0 Å². The van der Waals surface area contributed by atoms with E-state index in [1.807, 2.05) is 0 Å². The second kappa shape index (κ2) is 13.2. The number of hydrogen-bond acceptors (Lipinski definition) is 11. The molecule has 0 amide bonds. The average Bonchev–Trinajstić information content (AvgIpc) is 3.30. The van der Waals surface area contributed by atoms with Crippen LogP contribution in [0.3, 0.4) is 0 Å². The highest BCUT2D eigenvalue weighted by atomic mass is 16.7. The third-order valence-electron chi connectivity index (χ3n) is 8.02. The maximum absolute atomic E-state index is 14.6. The summed E-state index contributed by atoms with van der Waals surface area (Å²) >= 11 is 0. The lowest BCUT2D eigenvalue weighted by Crippen LogP contribution is -2.76. The number of Topliss-reactive ketones (excluding diaryl/α,β-unsaturated/α-hetero) is 3. The maximum atomic E-state index is 14.6. The number of aliphatic hydroxyl groups is 3. The Labute approximate surface area is 269 Å². The monoisotopic (exact) mass is 638 g/mol. The molecule has 4 aromatic rings. The number of carbonyl (C=O) groups excluding carboxylic acids is 5. The summed E-state index contributed by atoms with van der Waals surface area (Å²) in [6.07, 6.45) is -5.11. The second-order valence-corrected chi connectivity index (χ2v) is 10.9. The molecule has 11 nitrogen and oxygen atoms in total. The van der Waals surface area contributed by atoms with E-state index in [0.29, 0.717) is 0 Å². The number of benzene rings is 4. The fraction of sp³-hybridized carbons (Fsp3) is 0.194. The highest BCUT2D eigenvalue weighted by molar-refractivity contribution is 6.15. The van der Waals surface area contributed by atoms with Gasteiger partial charge in [0.25, 0.3) is 0 Å². The number of aliphatic hydroxyl groups excluding tert-OH is 1. The molecule has 1 aliphatic rings. The van der Waals surface area contributed by atoms with Crippen molar-refractivity contribution in [2.45, 2.75) is 36.1 Å². The Kier molecular flexibility index (Phi) is 9.27. The van der Waals surface area contributed by atoms with Crippen LogP contribution in [-0.4, -0.2) is 80.4 Å². The first-order valence-corrected chi connectivity index (χ1v) is 14.5. The zero-order valence-corrected chi connectivity index (χ0v) is 25.0. The van der Waals surface area contributed by atoms with Crippen molar-refractivity contribution in [3.05, 3.63) is 144 Å². The predicted molar refractivity (Wildman–Crippen MR) is 164 cm³/mol. The SMILES string of the molecule is CC(=O)O[C@H]1O[C@](COC(=O)c2ccccc2)(C(O)C(=O)c2ccccc2)[C@](O)(C(=O)c2ccccc2)[C@]1(O)C(=O)c1ccccc1. The van der Waals surface area contributed by atoms with Crippen LogP contribution >= 0.6 is 0 Å². The Balaban J connectivity index is 1.79. The van der Waals surface area contributed by atoms with E-state index in [2.05, 4.69) is 0 Å². The number of esters is 2. The summed E-state index contributed by atoms with van der Waals surface area (Å²) in [6.45, 7) is -0.368. The lowest BCUT2D eigenvalue weighted by Gasteiger charge is -2.44. The molecule has 0 aromatic heterocycles. The highest BCUT2D eigenvalue weighted by Gasteiger charge is 2.83. The van der Waals surface area contributed by atoms with Gasteiger partial charge in [0.05, 0.1) is 5.56 Å². The lowest BCUT2D eigenvalue weighted by atomic mass is 9.64. The maximum Gasteiger partial charge on any atom is 0.338 e. The molecule has 11 heteroatoms. The van der Waals surface area contributed by atoms with Crippen LogP contribution in [0.4, 0.5) is 0 Å². The first kappa shape index (κ1) is 33.0. The van der Waals surface area contributed by atoms with Crippen LogP contribution in [0.1, 0.15) is 48.4 Å². The van der Waals surface area contributed by atoms with Gasteiger partial charge in [-0.3, -0.25) is 19.2 Å². The molecule has 0 aliphatic carbocycles. The van der Waals surface area contributed by atoms with Gasteiger partial charge in [0, 0.05) is 23.6 Å². The smallest absolute Gasteiger partial charge is 0.338 e. The van der Waals surface area contributed by atoms with Gasteiger partial charge in [-0.15, -0.1) is 0 Å². The Morgan fingerprint density at radius 3 is 1.57 bits per heavy atom. The summed E-state index contributed by atoms with van der Waals surface area (Å²) in [5, 5.41) is 37.3. The van der Waals surface area contributed by atoms with Crippen LogP contribution in [0.5, 0.6) is 0 Å². The molecule has 240 valence electrons. The first-order valence-electron chi connectivity index (χ1n) is 14.5. The lowest BCUT2D eigenvalue weighted by molar-refractivity contribution is -0.225. The van der Waals surface area contributed by atoms with Gasteiger partial charge in [-0.05, 0) is 12.1 Å². The van der Waals surface area contributed by atoms with Crippen LogP contribution in [0.25, 0.3) is 0 Å². The molecule has 4 aromatic carbocycles. The largest absolute Gasteiger partial charge is 0.459 e. The molecular formula is C36H30O11. The van der Waals surface area contributed by atoms with Crippen molar-refractivity contribution in [2.24, 2.45) is 0 Å². The minimum Gasteiger partial charge on any atom is -0.459 e. The summed E-state index contributed by atoms with van der Waals surface area (Å²) in [5.41, 5.74) is -11.0. The number of ether oxygens (including phenoxy) is 3. The van der Waals surface area contributed by atoms with Gasteiger partial charge in [0.2, 0.25) is 29.1 Å². The van der Waals surface area contributed by atoms with Gasteiger partial charge < -0.3 is 29.5 Å². The summed E-state index contributed by atoms with van der Waals surface area (Å²) < 4.78 is 16.6. The van der Waals surface area contributed by atoms with Crippen LogP contribution in [0.2, 0.25) is 0 Å². The van der Waals surface area contributed by atoms with Crippen molar-refractivity contribution >= 4 is 29.3 Å². The quantitative estimate of drug-likeness (QED) is 0.163. The average molecular weight is 639 g/mol. The van der Waals surface area contributed by atoms with Crippen molar-refractivity contribution < 1.29 is 53.5 Å². The Hall–Kier alpha value is -5.33. The molecule has 1 unspecified atom stereocenters. The normalized spacial score (nSPS) is 24.1. The van der Waals surface area contributed by atoms with Crippen molar-refractivity contribution in [1.82, 2.24) is 0 Å². The van der Waals surface area contributed by atoms with Gasteiger partial charge >= 0.3 is 11.9 Å². The van der Waals surface area contributed by atoms with Crippen LogP contribution in [0.15, 0.2) is 121 Å². The molecule has 3 N–H and O–H groups in total. The van der Waals surface area contributed by atoms with Gasteiger partial charge in [-0.25, -0.2) is 4.79 Å². The van der Waals surface area contributed by atoms with Crippen molar-refractivity contribution in [1.29, 1.82) is 0 Å². The standard InChI is InChI=1S/C36H30O11/c1-23(37)46-33-35(43,29(39)25-16-8-3-9-17-25)36(44,30(40)26-18-10-4-11-19-26)34(47-33,22-45-32(42)27-20-12-5-13-21-27)31(41)28(38)24-14-6-2-7-15-24/h2-21,31,33,41,43-44H,22H2,1H3/t31?,33-,34+,35-,36+/m0/s1. The van der Waals surface area contributed by atoms with Gasteiger partial charge in [-0.2, -0.15) is 0 Å². The molecule has 5 atom stereocenters. The third kappa shape index (κ3) is 5.66. The molecular weight excluding hydrogens is 608 g/mol. The van der Waals surface area contributed by atoms with E-state index in [-0.39, 0.29) is 22.3 Å². The fourth-order valence-electron chi connectivity index (χ4n) is 5.64. The number of hydrogen-bond donors (Lipinski definition) is 3. The molecule has 1 saturated heterocycles. The summed E-state index contributed by atoms with van der Waals surface area (Å²) in [4.78, 5) is 68.4. The summed E-state index contributed by atoms with van der Waals surface area (Å²) in [5.74, 6) is -6.05. The van der Waals surface area contributed by atoms with E-state index in [4.69, 9.17) is 14.2 Å². The Morgan fingerprint density at radius 1 is 0.681 bits per heavy atom. The summed E-state index contributed by atoms with van der Waals surface area (Å²) in [6, 6.07) is 28.6. The van der Waals surface area contributed by atoms with E-state index in [0.717, 1.165) is 6.92 Å². The van der Waals surface area contributed by atoms with E-state index in [1.165, 1.54) is 97.1 Å². The van der Waals surface area contributed by atoms with E-state index < -0.39 is 65.1 Å². The van der Waals surface area contributed by atoms with Gasteiger partial charge in [0.15, 0.2) is 17.5 Å². The molecule has 0 radical (unpaired) electrons. The molecule has 1 fully saturated rings.